The van der Waals surface area contributed by atoms with Gasteiger partial charge in [-0.25, -0.2) is 8.78 Å². The first-order chi connectivity index (χ1) is 9.59. The second-order valence-corrected chi connectivity index (χ2v) is 6.21. The van der Waals surface area contributed by atoms with Gasteiger partial charge in [0.25, 0.3) is 0 Å². The topological polar surface area (TPSA) is 21.3 Å². The van der Waals surface area contributed by atoms with Crippen LogP contribution in [0, 0.1) is 17.0 Å². The van der Waals surface area contributed by atoms with E-state index in [0.717, 1.165) is 31.6 Å². The summed E-state index contributed by atoms with van der Waals surface area (Å²) in [5, 5.41) is 3.57. The average molecular weight is 281 g/mol. The fourth-order valence-electron chi connectivity index (χ4n) is 3.04. The Labute approximate surface area is 118 Å². The van der Waals surface area contributed by atoms with Gasteiger partial charge in [-0.2, -0.15) is 0 Å². The Morgan fingerprint density at radius 2 is 2.10 bits per heavy atom. The van der Waals surface area contributed by atoms with E-state index in [4.69, 9.17) is 4.74 Å². The molecule has 0 spiro atoms. The Hall–Kier alpha value is -1.00. The maximum Gasteiger partial charge on any atom is 0.159 e. The molecule has 1 aromatic rings. The number of ether oxygens (including phenoxy) is 1. The molecule has 1 saturated heterocycles. The van der Waals surface area contributed by atoms with Gasteiger partial charge in [-0.15, -0.1) is 0 Å². The molecule has 1 heterocycles. The normalized spacial score (nSPS) is 29.9. The lowest BCUT2D eigenvalue weighted by Gasteiger charge is -2.33. The van der Waals surface area contributed by atoms with E-state index < -0.39 is 11.6 Å². The summed E-state index contributed by atoms with van der Waals surface area (Å²) in [4.78, 5) is 0. The van der Waals surface area contributed by atoms with Crippen LogP contribution in [0.25, 0.3) is 0 Å². The summed E-state index contributed by atoms with van der Waals surface area (Å²) in [6, 6.07) is 4.86. The molecule has 20 heavy (non-hydrogen) atoms. The number of benzene rings is 1. The van der Waals surface area contributed by atoms with Gasteiger partial charge in [-0.05, 0) is 50.3 Å². The summed E-state index contributed by atoms with van der Waals surface area (Å²) in [6.45, 7) is 3.72. The van der Waals surface area contributed by atoms with Gasteiger partial charge in [0.2, 0.25) is 0 Å². The third-order valence-corrected chi connectivity index (χ3v) is 4.69. The van der Waals surface area contributed by atoms with Gasteiger partial charge in [0.05, 0.1) is 6.10 Å². The summed E-state index contributed by atoms with van der Waals surface area (Å²) < 4.78 is 32.2. The van der Waals surface area contributed by atoms with Gasteiger partial charge < -0.3 is 10.1 Å². The third-order valence-electron chi connectivity index (χ3n) is 4.69. The third kappa shape index (κ3) is 2.86. The van der Waals surface area contributed by atoms with Crippen molar-refractivity contribution in [2.24, 2.45) is 5.41 Å². The van der Waals surface area contributed by atoms with Gasteiger partial charge in [0.1, 0.15) is 0 Å². The summed E-state index contributed by atoms with van der Waals surface area (Å²) in [6.07, 6.45) is 4.33. The number of hydrogen-bond acceptors (Lipinski definition) is 2. The molecular weight excluding hydrogens is 260 g/mol. The first kappa shape index (κ1) is 14.0. The van der Waals surface area contributed by atoms with Gasteiger partial charge in [0.15, 0.2) is 11.6 Å². The van der Waals surface area contributed by atoms with Crippen LogP contribution in [0.5, 0.6) is 0 Å². The molecule has 1 aliphatic carbocycles. The molecule has 0 radical (unpaired) electrons. The Morgan fingerprint density at radius 3 is 2.70 bits per heavy atom. The van der Waals surface area contributed by atoms with Crippen molar-refractivity contribution < 1.29 is 13.5 Å². The van der Waals surface area contributed by atoms with E-state index in [1.54, 1.807) is 6.07 Å². The fraction of sp³-hybridized carbons (Fsp3) is 0.625. The van der Waals surface area contributed by atoms with Crippen molar-refractivity contribution in [3.63, 3.8) is 0 Å². The average Bonchev–Trinajstić information content (AvgIpc) is 3.18. The van der Waals surface area contributed by atoms with Crippen LogP contribution in [0.3, 0.4) is 0 Å². The summed E-state index contributed by atoms with van der Waals surface area (Å²) in [5.41, 5.74) is 0.839. The van der Waals surface area contributed by atoms with E-state index in [2.05, 4.69) is 12.2 Å². The predicted octanol–water partition coefficient (Wildman–Crippen LogP) is 3.05. The first-order valence-electron chi connectivity index (χ1n) is 7.38. The maximum absolute atomic E-state index is 13.4. The highest BCUT2D eigenvalue weighted by molar-refractivity contribution is 5.20. The molecule has 2 atom stereocenters. The van der Waals surface area contributed by atoms with E-state index >= 15 is 0 Å². The lowest BCUT2D eigenvalue weighted by Crippen LogP contribution is -2.42. The highest BCUT2D eigenvalue weighted by Gasteiger charge is 2.42. The molecule has 110 valence electrons. The minimum Gasteiger partial charge on any atom is -0.378 e. The molecule has 2 fully saturated rings. The molecule has 1 saturated carbocycles. The maximum atomic E-state index is 13.4. The minimum atomic E-state index is -0.783. The number of hydrogen-bond donors (Lipinski definition) is 1. The quantitative estimate of drug-likeness (QED) is 0.895. The van der Waals surface area contributed by atoms with Crippen LogP contribution in [-0.2, 0) is 11.2 Å². The Kier molecular flexibility index (Phi) is 3.78. The van der Waals surface area contributed by atoms with Crippen LogP contribution in [0.15, 0.2) is 18.2 Å². The van der Waals surface area contributed by atoms with Crippen molar-refractivity contribution in [3.8, 4) is 0 Å². The van der Waals surface area contributed by atoms with Gasteiger partial charge >= 0.3 is 0 Å². The predicted molar refractivity (Wildman–Crippen MR) is 73.6 cm³/mol. The lowest BCUT2D eigenvalue weighted by atomic mass is 9.76. The molecule has 2 unspecified atom stereocenters. The van der Waals surface area contributed by atoms with Crippen LogP contribution >= 0.6 is 0 Å². The van der Waals surface area contributed by atoms with Crippen LogP contribution in [0.1, 0.15) is 31.7 Å². The minimum absolute atomic E-state index is 0.00708. The SMILES string of the molecule is CC1OCCC1(CNC1CC1)Cc1ccc(F)c(F)c1. The van der Waals surface area contributed by atoms with E-state index in [1.165, 1.54) is 25.0 Å². The molecule has 1 N–H and O–H groups in total. The van der Waals surface area contributed by atoms with Gasteiger partial charge in [0, 0.05) is 24.6 Å². The van der Waals surface area contributed by atoms with Crippen LogP contribution in [0.4, 0.5) is 8.78 Å². The summed E-state index contributed by atoms with van der Waals surface area (Å²) >= 11 is 0. The molecule has 3 rings (SSSR count). The molecule has 2 aliphatic rings. The first-order valence-corrected chi connectivity index (χ1v) is 7.38. The Bertz CT molecular complexity index is 489. The zero-order chi connectivity index (χ0) is 14.2. The number of rotatable bonds is 5. The van der Waals surface area contributed by atoms with Gasteiger partial charge in [-0.1, -0.05) is 6.07 Å². The van der Waals surface area contributed by atoms with E-state index in [-0.39, 0.29) is 11.5 Å². The largest absolute Gasteiger partial charge is 0.378 e. The van der Waals surface area contributed by atoms with Crippen LogP contribution < -0.4 is 5.32 Å². The van der Waals surface area contributed by atoms with Crippen molar-refractivity contribution in [1.82, 2.24) is 5.32 Å². The van der Waals surface area contributed by atoms with E-state index in [0.29, 0.717) is 6.04 Å². The zero-order valence-corrected chi connectivity index (χ0v) is 11.8. The van der Waals surface area contributed by atoms with Gasteiger partial charge in [-0.3, -0.25) is 0 Å². The highest BCUT2D eigenvalue weighted by Crippen LogP contribution is 2.38. The molecule has 1 aliphatic heterocycles. The molecular formula is C16H21F2NO. The standard InChI is InChI=1S/C16H21F2NO/c1-11-16(6-7-20-11,10-19-13-3-4-13)9-12-2-5-14(17)15(18)8-12/h2,5,8,11,13,19H,3-4,6-7,9-10H2,1H3. The molecule has 1 aromatic carbocycles. The van der Waals surface area contributed by atoms with Crippen LogP contribution in [0.2, 0.25) is 0 Å². The lowest BCUT2D eigenvalue weighted by molar-refractivity contribution is 0.0628. The van der Waals surface area contributed by atoms with Crippen molar-refractivity contribution in [3.05, 3.63) is 35.4 Å². The molecule has 0 amide bonds. The summed E-state index contributed by atoms with van der Waals surface area (Å²) in [7, 11) is 0. The number of halogens is 2. The smallest absolute Gasteiger partial charge is 0.159 e. The Balaban J connectivity index is 1.76. The van der Waals surface area contributed by atoms with Crippen molar-refractivity contribution in [2.75, 3.05) is 13.2 Å². The van der Waals surface area contributed by atoms with Crippen molar-refractivity contribution >= 4 is 0 Å². The molecule has 2 nitrogen and oxygen atoms in total. The second-order valence-electron chi connectivity index (χ2n) is 6.21. The van der Waals surface area contributed by atoms with E-state index in [1.807, 2.05) is 0 Å². The fourth-order valence-corrected chi connectivity index (χ4v) is 3.04. The number of nitrogens with one attached hydrogen (secondary N) is 1. The molecule has 0 aromatic heterocycles. The molecule has 4 heteroatoms. The van der Waals surface area contributed by atoms with Crippen molar-refractivity contribution in [1.29, 1.82) is 0 Å². The Morgan fingerprint density at radius 1 is 1.30 bits per heavy atom. The molecule has 0 bridgehead atoms. The van der Waals surface area contributed by atoms with E-state index in [9.17, 15) is 8.78 Å². The van der Waals surface area contributed by atoms with Crippen LogP contribution in [-0.4, -0.2) is 25.3 Å². The monoisotopic (exact) mass is 281 g/mol. The van der Waals surface area contributed by atoms with Crippen molar-refractivity contribution in [2.45, 2.75) is 44.8 Å². The second kappa shape index (κ2) is 5.41. The highest BCUT2D eigenvalue weighted by atomic mass is 19.2. The zero-order valence-electron chi connectivity index (χ0n) is 11.8. The summed E-state index contributed by atoms with van der Waals surface area (Å²) in [5.74, 6) is -1.55.